The maximum absolute atomic E-state index is 12.4. The lowest BCUT2D eigenvalue weighted by atomic mass is 9.82. The predicted octanol–water partition coefficient (Wildman–Crippen LogP) is 1.12. The third kappa shape index (κ3) is 2.81. The Morgan fingerprint density at radius 2 is 2.21 bits per heavy atom. The van der Waals surface area contributed by atoms with Crippen LogP contribution in [0.4, 0.5) is 5.69 Å². The van der Waals surface area contributed by atoms with Gasteiger partial charge >= 0.3 is 0 Å². The first kappa shape index (κ1) is 13.7. The first-order chi connectivity index (χ1) is 9.02. The zero-order valence-corrected chi connectivity index (χ0v) is 11.3. The monoisotopic (exact) mass is 264 g/mol. The number of aliphatic hydroxyl groups is 1. The summed E-state index contributed by atoms with van der Waals surface area (Å²) in [6.07, 6.45) is 1.32. The van der Waals surface area contributed by atoms with Gasteiger partial charge in [-0.25, -0.2) is 0 Å². The number of aliphatic hydroxyl groups excluding tert-OH is 1. The second kappa shape index (κ2) is 5.48. The Morgan fingerprint density at radius 1 is 1.53 bits per heavy atom. The van der Waals surface area contributed by atoms with Crippen molar-refractivity contribution in [2.24, 2.45) is 5.92 Å². The molecule has 0 unspecified atom stereocenters. The second-order valence-electron chi connectivity index (χ2n) is 5.10. The third-order valence-electron chi connectivity index (χ3n) is 3.58. The van der Waals surface area contributed by atoms with Crippen LogP contribution in [-0.4, -0.2) is 42.7 Å². The number of carbonyl (C=O) groups is 1. The van der Waals surface area contributed by atoms with E-state index in [-0.39, 0.29) is 12.0 Å². The number of nitrogens with two attached hydrogens (primary N) is 1. The zero-order valence-electron chi connectivity index (χ0n) is 11.3. The van der Waals surface area contributed by atoms with Crippen LogP contribution in [0.5, 0.6) is 5.75 Å². The predicted molar refractivity (Wildman–Crippen MR) is 73.1 cm³/mol. The van der Waals surface area contributed by atoms with E-state index in [1.54, 1.807) is 30.1 Å². The topological polar surface area (TPSA) is 75.8 Å². The van der Waals surface area contributed by atoms with Crippen molar-refractivity contribution in [1.82, 2.24) is 4.90 Å². The summed E-state index contributed by atoms with van der Waals surface area (Å²) in [4.78, 5) is 14.0. The summed E-state index contributed by atoms with van der Waals surface area (Å²) in [5.74, 6) is 0.724. The number of rotatable bonds is 4. The first-order valence-electron chi connectivity index (χ1n) is 6.39. The number of carbonyl (C=O) groups excluding carboxylic acids is 1. The number of amides is 1. The number of hydrogen-bond acceptors (Lipinski definition) is 4. The van der Waals surface area contributed by atoms with Crippen LogP contribution >= 0.6 is 0 Å². The minimum atomic E-state index is -0.204. The van der Waals surface area contributed by atoms with Gasteiger partial charge in [0, 0.05) is 19.3 Å². The summed E-state index contributed by atoms with van der Waals surface area (Å²) in [5, 5.41) is 9.27. The fraction of sp³-hybridized carbons (Fsp3) is 0.500. The summed E-state index contributed by atoms with van der Waals surface area (Å²) >= 11 is 0. The van der Waals surface area contributed by atoms with Crippen LogP contribution in [0.25, 0.3) is 0 Å². The lowest BCUT2D eigenvalue weighted by Crippen LogP contribution is -2.39. The molecule has 0 spiro atoms. The van der Waals surface area contributed by atoms with Gasteiger partial charge < -0.3 is 20.5 Å². The van der Waals surface area contributed by atoms with E-state index in [0.717, 1.165) is 12.8 Å². The highest BCUT2D eigenvalue weighted by Crippen LogP contribution is 2.30. The molecule has 1 aliphatic carbocycles. The molecule has 3 N–H and O–H groups in total. The fourth-order valence-corrected chi connectivity index (χ4v) is 2.46. The number of nitrogens with zero attached hydrogens (tertiary/aromatic N) is 1. The van der Waals surface area contributed by atoms with Crippen LogP contribution in [0.2, 0.25) is 0 Å². The van der Waals surface area contributed by atoms with Gasteiger partial charge in [0.2, 0.25) is 0 Å². The van der Waals surface area contributed by atoms with Crippen LogP contribution < -0.4 is 10.5 Å². The van der Waals surface area contributed by atoms with Crippen LogP contribution in [0.1, 0.15) is 23.2 Å². The molecule has 0 heterocycles. The van der Waals surface area contributed by atoms with Crippen LogP contribution in [0.3, 0.4) is 0 Å². The van der Waals surface area contributed by atoms with E-state index in [2.05, 4.69) is 0 Å². The Labute approximate surface area is 113 Å². The van der Waals surface area contributed by atoms with Crippen molar-refractivity contribution < 1.29 is 14.6 Å². The molecule has 0 aliphatic heterocycles. The quantitative estimate of drug-likeness (QED) is 0.799. The molecule has 1 aliphatic rings. The highest BCUT2D eigenvalue weighted by Gasteiger charge is 2.30. The third-order valence-corrected chi connectivity index (χ3v) is 3.58. The zero-order chi connectivity index (χ0) is 14.0. The van der Waals surface area contributed by atoms with Crippen molar-refractivity contribution in [1.29, 1.82) is 0 Å². The van der Waals surface area contributed by atoms with Gasteiger partial charge in [-0.2, -0.15) is 0 Å². The highest BCUT2D eigenvalue weighted by atomic mass is 16.5. The van der Waals surface area contributed by atoms with E-state index in [9.17, 15) is 9.90 Å². The molecule has 1 aromatic carbocycles. The number of benzene rings is 1. The van der Waals surface area contributed by atoms with Gasteiger partial charge in [-0.15, -0.1) is 0 Å². The average molecular weight is 264 g/mol. The molecular formula is C14H20N2O3. The molecule has 0 bridgehead atoms. The van der Waals surface area contributed by atoms with Crippen molar-refractivity contribution in [2.75, 3.05) is 26.4 Å². The van der Waals surface area contributed by atoms with Crippen LogP contribution in [-0.2, 0) is 0 Å². The van der Waals surface area contributed by atoms with Crippen molar-refractivity contribution in [3.8, 4) is 5.75 Å². The number of methoxy groups -OCH3 is 1. The summed E-state index contributed by atoms with van der Waals surface area (Å²) in [5.41, 5.74) is 6.70. The number of ether oxygens (including phenoxy) is 1. The SMILES string of the molecule is COc1cccc(N)c1C(=O)N(C)CC1CC(O)C1. The van der Waals surface area contributed by atoms with Gasteiger partial charge in [-0.3, -0.25) is 4.79 Å². The molecule has 104 valence electrons. The van der Waals surface area contributed by atoms with E-state index in [4.69, 9.17) is 10.5 Å². The Hall–Kier alpha value is -1.75. The molecule has 0 aromatic heterocycles. The molecule has 2 rings (SSSR count). The van der Waals surface area contributed by atoms with E-state index in [0.29, 0.717) is 29.5 Å². The molecule has 0 atom stereocenters. The summed E-state index contributed by atoms with van der Waals surface area (Å²) in [6.45, 7) is 0.632. The maximum atomic E-state index is 12.4. The molecule has 5 heteroatoms. The Balaban J connectivity index is 2.10. The van der Waals surface area contributed by atoms with Gasteiger partial charge in [0.25, 0.3) is 5.91 Å². The Kier molecular flexibility index (Phi) is 3.95. The average Bonchev–Trinajstić information content (AvgIpc) is 2.35. The van der Waals surface area contributed by atoms with Crippen molar-refractivity contribution in [3.63, 3.8) is 0 Å². The van der Waals surface area contributed by atoms with Crippen molar-refractivity contribution in [2.45, 2.75) is 18.9 Å². The number of anilines is 1. The molecule has 0 radical (unpaired) electrons. The van der Waals surface area contributed by atoms with E-state index < -0.39 is 0 Å². The molecule has 1 aromatic rings. The van der Waals surface area contributed by atoms with Crippen LogP contribution in [0.15, 0.2) is 18.2 Å². The Morgan fingerprint density at radius 3 is 2.79 bits per heavy atom. The maximum Gasteiger partial charge on any atom is 0.259 e. The molecule has 5 nitrogen and oxygen atoms in total. The molecule has 1 amide bonds. The summed E-state index contributed by atoms with van der Waals surface area (Å²) in [7, 11) is 3.27. The lowest BCUT2D eigenvalue weighted by molar-refractivity contribution is 0.0265. The van der Waals surface area contributed by atoms with Gasteiger partial charge in [0.15, 0.2) is 0 Å². The first-order valence-corrected chi connectivity index (χ1v) is 6.39. The summed E-state index contributed by atoms with van der Waals surface area (Å²) in [6, 6.07) is 5.18. The smallest absolute Gasteiger partial charge is 0.259 e. The lowest BCUT2D eigenvalue weighted by Gasteiger charge is -2.34. The number of hydrogen-bond donors (Lipinski definition) is 2. The molecule has 0 saturated heterocycles. The van der Waals surface area contributed by atoms with E-state index in [1.165, 1.54) is 7.11 Å². The van der Waals surface area contributed by atoms with Crippen molar-refractivity contribution in [3.05, 3.63) is 23.8 Å². The molecule has 1 fully saturated rings. The molecule has 19 heavy (non-hydrogen) atoms. The van der Waals surface area contributed by atoms with Crippen LogP contribution in [0, 0.1) is 5.92 Å². The van der Waals surface area contributed by atoms with Gasteiger partial charge in [0.05, 0.1) is 13.2 Å². The largest absolute Gasteiger partial charge is 0.496 e. The Bertz CT molecular complexity index is 470. The van der Waals surface area contributed by atoms with Gasteiger partial charge in [0.1, 0.15) is 11.3 Å². The van der Waals surface area contributed by atoms with E-state index >= 15 is 0 Å². The summed E-state index contributed by atoms with van der Waals surface area (Å²) < 4.78 is 5.19. The normalized spacial score (nSPS) is 21.6. The minimum Gasteiger partial charge on any atom is -0.496 e. The molecular weight excluding hydrogens is 244 g/mol. The van der Waals surface area contributed by atoms with Crippen molar-refractivity contribution >= 4 is 11.6 Å². The fourth-order valence-electron chi connectivity index (χ4n) is 2.46. The van der Waals surface area contributed by atoms with Gasteiger partial charge in [-0.05, 0) is 30.9 Å². The number of nitrogen functional groups attached to an aromatic ring is 1. The molecule has 1 saturated carbocycles. The minimum absolute atomic E-state index is 0.142. The van der Waals surface area contributed by atoms with E-state index in [1.807, 2.05) is 0 Å². The van der Waals surface area contributed by atoms with Gasteiger partial charge in [-0.1, -0.05) is 6.07 Å². The standard InChI is InChI=1S/C14H20N2O3/c1-16(8-9-6-10(17)7-9)14(18)13-11(15)4-3-5-12(13)19-2/h3-5,9-10,17H,6-8,15H2,1-2H3. The second-order valence-corrected chi connectivity index (χ2v) is 5.10. The highest BCUT2D eigenvalue weighted by molar-refractivity contribution is 6.01.